The third-order valence-electron chi connectivity index (χ3n) is 6.60. The zero-order valence-corrected chi connectivity index (χ0v) is 23.8. The Hall–Kier alpha value is -3.21. The van der Waals surface area contributed by atoms with Crippen LogP contribution in [0.25, 0.3) is 10.9 Å². The molecule has 206 valence electrons. The van der Waals surface area contributed by atoms with Gasteiger partial charge in [-0.05, 0) is 50.5 Å². The fourth-order valence-corrected chi connectivity index (χ4v) is 4.37. The van der Waals surface area contributed by atoms with E-state index in [0.717, 1.165) is 53.5 Å². The van der Waals surface area contributed by atoms with Crippen LogP contribution in [0, 0.1) is 0 Å². The maximum atomic E-state index is 13.9. The molecule has 0 unspecified atom stereocenters. The fourth-order valence-electron chi connectivity index (χ4n) is 4.37. The third-order valence-corrected chi connectivity index (χ3v) is 6.60. The molecule has 0 saturated heterocycles. The lowest BCUT2D eigenvalue weighted by Crippen LogP contribution is -2.24. The van der Waals surface area contributed by atoms with Gasteiger partial charge in [-0.15, -0.1) is 0 Å². The Morgan fingerprint density at radius 2 is 1.55 bits per heavy atom. The van der Waals surface area contributed by atoms with Crippen LogP contribution in [0.5, 0.6) is 17.2 Å². The minimum absolute atomic E-state index is 0.151. The Labute approximate surface area is 228 Å². The number of benzene rings is 2. The van der Waals surface area contributed by atoms with Crippen molar-refractivity contribution in [2.24, 2.45) is 0 Å². The molecule has 0 bridgehead atoms. The highest BCUT2D eigenvalue weighted by Crippen LogP contribution is 2.35. The molecule has 2 aromatic carbocycles. The van der Waals surface area contributed by atoms with Gasteiger partial charge in [0, 0.05) is 18.0 Å². The number of ether oxygens (including phenoxy) is 3. The number of nitrogens with zero attached hydrogens (tertiary/aromatic N) is 1. The van der Waals surface area contributed by atoms with Gasteiger partial charge in [-0.3, -0.25) is 4.79 Å². The van der Waals surface area contributed by atoms with Gasteiger partial charge >= 0.3 is 0 Å². The van der Waals surface area contributed by atoms with E-state index in [1.54, 1.807) is 0 Å². The molecule has 38 heavy (non-hydrogen) atoms. The molecule has 0 aliphatic carbocycles. The van der Waals surface area contributed by atoms with Gasteiger partial charge in [-0.1, -0.05) is 88.3 Å². The zero-order chi connectivity index (χ0) is 27.2. The summed E-state index contributed by atoms with van der Waals surface area (Å²) < 4.78 is 20.3. The molecule has 0 amide bonds. The van der Waals surface area contributed by atoms with Crippen LogP contribution in [0.2, 0.25) is 0 Å². The van der Waals surface area contributed by atoms with Crippen molar-refractivity contribution < 1.29 is 14.2 Å². The molecule has 1 aromatic heterocycles. The van der Waals surface area contributed by atoms with Crippen LogP contribution in [-0.2, 0) is 13.2 Å². The lowest BCUT2D eigenvalue weighted by molar-refractivity contribution is 0.274. The van der Waals surface area contributed by atoms with Crippen molar-refractivity contribution >= 4 is 10.9 Å². The number of aryl methyl sites for hydroxylation is 1. The fraction of sp³-hybridized carbons (Fsp3) is 0.485. The van der Waals surface area contributed by atoms with E-state index in [1.165, 1.54) is 25.7 Å². The lowest BCUT2D eigenvalue weighted by atomic mass is 10.1. The van der Waals surface area contributed by atoms with E-state index in [2.05, 4.69) is 13.8 Å². The van der Waals surface area contributed by atoms with Crippen LogP contribution >= 0.6 is 0 Å². The van der Waals surface area contributed by atoms with E-state index in [0.29, 0.717) is 32.1 Å². The van der Waals surface area contributed by atoms with E-state index < -0.39 is 0 Å². The summed E-state index contributed by atoms with van der Waals surface area (Å²) in [6.07, 6.45) is 11.0. The van der Waals surface area contributed by atoms with E-state index >= 15 is 0 Å². The summed E-state index contributed by atoms with van der Waals surface area (Å²) in [6, 6.07) is 15.9. The summed E-state index contributed by atoms with van der Waals surface area (Å²) in [5.41, 5.74) is 2.85. The first-order valence-corrected chi connectivity index (χ1v) is 14.3. The summed E-state index contributed by atoms with van der Waals surface area (Å²) in [5.74, 6) is 1.54. The molecule has 5 nitrogen and oxygen atoms in total. The van der Waals surface area contributed by atoms with Crippen molar-refractivity contribution in [2.45, 2.75) is 92.2 Å². The van der Waals surface area contributed by atoms with Crippen LogP contribution in [-0.4, -0.2) is 17.8 Å². The summed E-state index contributed by atoms with van der Waals surface area (Å²) >= 11 is 0. The number of aromatic nitrogens is 1. The number of fused-ring (bicyclic) bond motifs is 1. The zero-order valence-electron chi connectivity index (χ0n) is 23.8. The number of allylic oxidation sites excluding steroid dienone is 1. The monoisotopic (exact) mass is 519 g/mol. The van der Waals surface area contributed by atoms with E-state index in [1.807, 2.05) is 73.0 Å². The van der Waals surface area contributed by atoms with Crippen LogP contribution in [0.3, 0.4) is 0 Å². The van der Waals surface area contributed by atoms with Crippen molar-refractivity contribution in [3.05, 3.63) is 76.1 Å². The second kappa shape index (κ2) is 15.9. The molecule has 5 heteroatoms. The molecule has 0 fully saturated rings. The molecule has 3 aromatic rings. The molecular formula is C33H45NO4. The Morgan fingerprint density at radius 3 is 2.29 bits per heavy atom. The van der Waals surface area contributed by atoms with Crippen LogP contribution < -0.4 is 19.8 Å². The molecule has 0 aliphatic heterocycles. The number of rotatable bonds is 17. The first-order chi connectivity index (χ1) is 18.5. The summed E-state index contributed by atoms with van der Waals surface area (Å²) in [5, 5.41) is 0.863. The Bertz CT molecular complexity index is 1210. The van der Waals surface area contributed by atoms with Crippen LogP contribution in [0.4, 0.5) is 0 Å². The summed E-state index contributed by atoms with van der Waals surface area (Å²) in [4.78, 5) is 13.9. The SMILES string of the molecule is CCCCCCCCn1c(=O)c(OCC=C(C)C)c(OCc2ccccc2)c2ccc(OCCCC)cc21. The second-order valence-electron chi connectivity index (χ2n) is 10.1. The Balaban J connectivity index is 2.03. The third kappa shape index (κ3) is 8.68. The molecule has 0 aliphatic rings. The average molecular weight is 520 g/mol. The second-order valence-corrected chi connectivity index (χ2v) is 10.1. The summed E-state index contributed by atoms with van der Waals surface area (Å²) in [7, 11) is 0. The van der Waals surface area contributed by atoms with Crippen molar-refractivity contribution in [3.63, 3.8) is 0 Å². The van der Waals surface area contributed by atoms with Gasteiger partial charge in [0.15, 0.2) is 5.75 Å². The minimum atomic E-state index is -0.151. The highest BCUT2D eigenvalue weighted by molar-refractivity contribution is 5.89. The quantitative estimate of drug-likeness (QED) is 0.133. The van der Waals surface area contributed by atoms with Gasteiger partial charge in [0.05, 0.1) is 12.1 Å². The highest BCUT2D eigenvalue weighted by Gasteiger charge is 2.20. The largest absolute Gasteiger partial charge is 0.494 e. The molecule has 0 saturated carbocycles. The first kappa shape index (κ1) is 29.3. The van der Waals surface area contributed by atoms with Crippen molar-refractivity contribution in [2.75, 3.05) is 13.2 Å². The maximum absolute atomic E-state index is 13.9. The molecule has 0 N–H and O–H groups in total. The van der Waals surface area contributed by atoms with Gasteiger partial charge in [-0.2, -0.15) is 0 Å². The smallest absolute Gasteiger partial charge is 0.297 e. The van der Waals surface area contributed by atoms with E-state index in [9.17, 15) is 4.79 Å². The van der Waals surface area contributed by atoms with Gasteiger partial charge in [-0.25, -0.2) is 0 Å². The number of hydrogen-bond acceptors (Lipinski definition) is 4. The average Bonchev–Trinajstić information content (AvgIpc) is 2.92. The first-order valence-electron chi connectivity index (χ1n) is 14.3. The Kier molecular flexibility index (Phi) is 12.3. The maximum Gasteiger partial charge on any atom is 0.297 e. The predicted octanol–water partition coefficient (Wildman–Crippen LogP) is 8.46. The molecule has 0 atom stereocenters. The lowest BCUT2D eigenvalue weighted by Gasteiger charge is -2.19. The highest BCUT2D eigenvalue weighted by atomic mass is 16.5. The van der Waals surface area contributed by atoms with Crippen LogP contribution in [0.15, 0.2) is 65.0 Å². The number of unbranched alkanes of at least 4 members (excludes halogenated alkanes) is 6. The van der Waals surface area contributed by atoms with Gasteiger partial charge < -0.3 is 18.8 Å². The van der Waals surface area contributed by atoms with E-state index in [4.69, 9.17) is 14.2 Å². The van der Waals surface area contributed by atoms with Gasteiger partial charge in [0.2, 0.25) is 5.75 Å². The van der Waals surface area contributed by atoms with E-state index in [-0.39, 0.29) is 11.3 Å². The predicted molar refractivity (Wildman–Crippen MR) is 158 cm³/mol. The minimum Gasteiger partial charge on any atom is -0.494 e. The van der Waals surface area contributed by atoms with Gasteiger partial charge in [0.25, 0.3) is 5.56 Å². The molecule has 0 radical (unpaired) electrons. The van der Waals surface area contributed by atoms with Crippen molar-refractivity contribution in [1.82, 2.24) is 4.57 Å². The van der Waals surface area contributed by atoms with Crippen molar-refractivity contribution in [3.8, 4) is 17.2 Å². The van der Waals surface area contributed by atoms with Gasteiger partial charge in [0.1, 0.15) is 19.0 Å². The summed E-state index contributed by atoms with van der Waals surface area (Å²) in [6.45, 7) is 10.4. The van der Waals surface area contributed by atoms with Crippen LogP contribution in [0.1, 0.15) is 84.6 Å². The molecule has 3 rings (SSSR count). The van der Waals surface area contributed by atoms with Crippen molar-refractivity contribution in [1.29, 1.82) is 0 Å². The number of pyridine rings is 1. The molecule has 0 spiro atoms. The topological polar surface area (TPSA) is 49.7 Å². The normalized spacial score (nSPS) is 10.9. The number of hydrogen-bond donors (Lipinski definition) is 0. The standard InChI is InChI=1S/C33H45NO4/c1-5-7-9-10-11-15-21-34-30-24-28(36-22-8-6-2)18-19-29(30)31(38-25-27-16-13-12-14-17-27)32(33(34)35)37-23-20-26(3)4/h12-14,16-20,24H,5-11,15,21-23,25H2,1-4H3. The molecule has 1 heterocycles. The molecular weight excluding hydrogens is 474 g/mol. The Morgan fingerprint density at radius 1 is 0.816 bits per heavy atom.